The summed E-state index contributed by atoms with van der Waals surface area (Å²) in [4.78, 5) is 0. The van der Waals surface area contributed by atoms with E-state index in [1.807, 2.05) is 0 Å². The van der Waals surface area contributed by atoms with E-state index in [1.165, 1.54) is 38.5 Å². The van der Waals surface area contributed by atoms with E-state index < -0.39 is 0 Å². The molecule has 12 heavy (non-hydrogen) atoms. The van der Waals surface area contributed by atoms with Crippen molar-refractivity contribution in [3.63, 3.8) is 0 Å². The molecule has 2 aliphatic carbocycles. The zero-order valence-corrected chi connectivity index (χ0v) is 7.84. The van der Waals surface area contributed by atoms with Gasteiger partial charge in [0, 0.05) is 6.61 Å². The van der Waals surface area contributed by atoms with E-state index in [0.717, 1.165) is 24.2 Å². The highest BCUT2D eigenvalue weighted by molar-refractivity contribution is 4.91. The van der Waals surface area contributed by atoms with Gasteiger partial charge in [0.2, 0.25) is 0 Å². The molecular weight excluding hydrogens is 148 g/mol. The fraction of sp³-hybridized carbons (Fsp3) is 1.00. The third kappa shape index (κ3) is 1.82. The minimum absolute atomic E-state index is 0.411. The van der Waals surface area contributed by atoms with Crippen molar-refractivity contribution in [3.8, 4) is 0 Å². The van der Waals surface area contributed by atoms with Gasteiger partial charge in [0.15, 0.2) is 0 Å². The van der Waals surface area contributed by atoms with Crippen LogP contribution in [0.5, 0.6) is 0 Å². The zero-order valence-electron chi connectivity index (χ0n) is 7.84. The van der Waals surface area contributed by atoms with Gasteiger partial charge in [-0.1, -0.05) is 32.1 Å². The molecule has 2 fully saturated rings. The van der Waals surface area contributed by atoms with Crippen LogP contribution in [0.3, 0.4) is 0 Å². The van der Waals surface area contributed by atoms with Crippen molar-refractivity contribution in [2.75, 3.05) is 6.61 Å². The molecule has 0 aromatic rings. The topological polar surface area (TPSA) is 20.2 Å². The summed E-state index contributed by atoms with van der Waals surface area (Å²) in [5.41, 5.74) is 0. The highest BCUT2D eigenvalue weighted by atomic mass is 16.3. The first-order chi connectivity index (χ1) is 5.92. The predicted molar refractivity (Wildman–Crippen MR) is 49.9 cm³/mol. The van der Waals surface area contributed by atoms with Crippen molar-refractivity contribution >= 4 is 0 Å². The van der Waals surface area contributed by atoms with E-state index in [2.05, 4.69) is 0 Å². The van der Waals surface area contributed by atoms with E-state index in [4.69, 9.17) is 5.11 Å². The van der Waals surface area contributed by atoms with Crippen molar-refractivity contribution in [1.29, 1.82) is 0 Å². The summed E-state index contributed by atoms with van der Waals surface area (Å²) >= 11 is 0. The Morgan fingerprint density at radius 3 is 2.50 bits per heavy atom. The van der Waals surface area contributed by atoms with Crippen molar-refractivity contribution in [2.45, 2.75) is 44.9 Å². The molecule has 0 aromatic heterocycles. The molecule has 0 amide bonds. The number of aliphatic hydroxyl groups excluding tert-OH is 1. The Hall–Kier alpha value is -0.0400. The summed E-state index contributed by atoms with van der Waals surface area (Å²) in [6.45, 7) is 0.411. The third-order valence-electron chi connectivity index (χ3n) is 3.73. The zero-order chi connectivity index (χ0) is 8.39. The number of hydrogen-bond acceptors (Lipinski definition) is 1. The molecule has 2 atom stereocenters. The van der Waals surface area contributed by atoms with Crippen LogP contribution in [-0.4, -0.2) is 11.7 Å². The van der Waals surface area contributed by atoms with Crippen LogP contribution >= 0.6 is 0 Å². The Morgan fingerprint density at radius 2 is 1.83 bits per heavy atom. The summed E-state index contributed by atoms with van der Waals surface area (Å²) in [5.74, 6) is 2.95. The first-order valence-corrected chi connectivity index (χ1v) is 5.52. The van der Waals surface area contributed by atoms with Gasteiger partial charge in [-0.2, -0.15) is 0 Å². The van der Waals surface area contributed by atoms with E-state index in [0.29, 0.717) is 6.61 Å². The van der Waals surface area contributed by atoms with Crippen molar-refractivity contribution < 1.29 is 5.11 Å². The molecule has 0 bridgehead atoms. The molecule has 1 nitrogen and oxygen atoms in total. The molecule has 2 unspecified atom stereocenters. The second-order valence-corrected chi connectivity index (χ2v) is 4.57. The molecule has 1 heteroatoms. The maximum absolute atomic E-state index is 8.79. The molecule has 1 N–H and O–H groups in total. The minimum Gasteiger partial charge on any atom is -0.396 e. The number of hydrogen-bond donors (Lipinski definition) is 1. The lowest BCUT2D eigenvalue weighted by Crippen LogP contribution is -2.09. The monoisotopic (exact) mass is 168 g/mol. The third-order valence-corrected chi connectivity index (χ3v) is 3.73. The number of rotatable bonds is 3. The lowest BCUT2D eigenvalue weighted by molar-refractivity contribution is 0.260. The first kappa shape index (κ1) is 8.55. The molecule has 0 radical (unpaired) electrons. The van der Waals surface area contributed by atoms with Gasteiger partial charge in [0.25, 0.3) is 0 Å². The fourth-order valence-corrected chi connectivity index (χ4v) is 2.91. The lowest BCUT2D eigenvalue weighted by atomic mass is 9.85. The standard InChI is InChI=1S/C11H20O/c12-7-6-10-8-11(10)9-4-2-1-3-5-9/h9-12H,1-8H2. The van der Waals surface area contributed by atoms with Gasteiger partial charge >= 0.3 is 0 Å². The summed E-state index contributed by atoms with van der Waals surface area (Å²) in [6, 6.07) is 0. The summed E-state index contributed by atoms with van der Waals surface area (Å²) in [5, 5.41) is 8.79. The minimum atomic E-state index is 0.411. The van der Waals surface area contributed by atoms with Crippen LogP contribution in [-0.2, 0) is 0 Å². The molecule has 0 heterocycles. The lowest BCUT2D eigenvalue weighted by Gasteiger charge is -2.21. The molecule has 2 rings (SSSR count). The molecule has 0 aliphatic heterocycles. The quantitative estimate of drug-likeness (QED) is 0.686. The van der Waals surface area contributed by atoms with Crippen molar-refractivity contribution in [3.05, 3.63) is 0 Å². The summed E-state index contributed by atoms with van der Waals surface area (Å²) in [7, 11) is 0. The van der Waals surface area contributed by atoms with Crippen LogP contribution in [0.4, 0.5) is 0 Å². The van der Waals surface area contributed by atoms with Gasteiger partial charge in [-0.3, -0.25) is 0 Å². The molecular formula is C11H20O. The second kappa shape index (κ2) is 3.78. The Bertz CT molecular complexity index is 138. The molecule has 2 saturated carbocycles. The maximum Gasteiger partial charge on any atom is 0.0433 e. The highest BCUT2D eigenvalue weighted by Gasteiger charge is 2.41. The Kier molecular flexibility index (Phi) is 2.69. The Balaban J connectivity index is 1.72. The van der Waals surface area contributed by atoms with E-state index >= 15 is 0 Å². The van der Waals surface area contributed by atoms with Gasteiger partial charge < -0.3 is 5.11 Å². The normalized spacial score (nSPS) is 36.8. The first-order valence-electron chi connectivity index (χ1n) is 5.52. The van der Waals surface area contributed by atoms with Crippen LogP contribution in [0.1, 0.15) is 44.9 Å². The largest absolute Gasteiger partial charge is 0.396 e. The van der Waals surface area contributed by atoms with Gasteiger partial charge in [-0.05, 0) is 30.6 Å². The van der Waals surface area contributed by atoms with E-state index in [-0.39, 0.29) is 0 Å². The summed E-state index contributed by atoms with van der Waals surface area (Å²) < 4.78 is 0. The molecule has 0 spiro atoms. The van der Waals surface area contributed by atoms with Crippen LogP contribution in [0.15, 0.2) is 0 Å². The highest BCUT2D eigenvalue weighted by Crippen LogP contribution is 2.50. The Morgan fingerprint density at radius 1 is 1.08 bits per heavy atom. The predicted octanol–water partition coefficient (Wildman–Crippen LogP) is 2.59. The molecule has 0 saturated heterocycles. The number of aliphatic hydroxyl groups is 1. The van der Waals surface area contributed by atoms with Crippen LogP contribution < -0.4 is 0 Å². The van der Waals surface area contributed by atoms with Crippen molar-refractivity contribution in [1.82, 2.24) is 0 Å². The fourth-order valence-electron chi connectivity index (χ4n) is 2.91. The van der Waals surface area contributed by atoms with Gasteiger partial charge in [0.05, 0.1) is 0 Å². The van der Waals surface area contributed by atoms with Crippen LogP contribution in [0, 0.1) is 17.8 Å². The van der Waals surface area contributed by atoms with Crippen molar-refractivity contribution in [2.24, 2.45) is 17.8 Å². The SMILES string of the molecule is OCCC1CC1C1CCCCC1. The Labute approximate surface area is 75.2 Å². The molecule has 2 aliphatic rings. The smallest absolute Gasteiger partial charge is 0.0433 e. The molecule has 70 valence electrons. The average molecular weight is 168 g/mol. The van der Waals surface area contributed by atoms with E-state index in [9.17, 15) is 0 Å². The average Bonchev–Trinajstić information content (AvgIpc) is 2.87. The van der Waals surface area contributed by atoms with Crippen LogP contribution in [0.25, 0.3) is 0 Å². The maximum atomic E-state index is 8.79. The summed E-state index contributed by atoms with van der Waals surface area (Å²) in [6.07, 6.45) is 9.85. The van der Waals surface area contributed by atoms with Gasteiger partial charge in [0.1, 0.15) is 0 Å². The second-order valence-electron chi connectivity index (χ2n) is 4.57. The molecule has 0 aromatic carbocycles. The van der Waals surface area contributed by atoms with Gasteiger partial charge in [-0.15, -0.1) is 0 Å². The van der Waals surface area contributed by atoms with E-state index in [1.54, 1.807) is 0 Å². The van der Waals surface area contributed by atoms with Gasteiger partial charge in [-0.25, -0.2) is 0 Å². The van der Waals surface area contributed by atoms with Crippen LogP contribution in [0.2, 0.25) is 0 Å².